The van der Waals surface area contributed by atoms with Gasteiger partial charge in [0.25, 0.3) is 0 Å². The van der Waals surface area contributed by atoms with Crippen LogP contribution < -0.4 is 5.32 Å². The minimum Gasteiger partial charge on any atom is -0.462 e. The number of ether oxygens (including phenoxy) is 1. The topological polar surface area (TPSA) is 95.9 Å². The number of carbonyl (C=O) groups excluding carboxylic acids is 2. The van der Waals surface area contributed by atoms with Crippen LogP contribution in [0, 0.1) is 0 Å². The molecule has 6 heteroatoms. The summed E-state index contributed by atoms with van der Waals surface area (Å²) in [5, 5.41) is 23.8. The minimum absolute atomic E-state index is 0.0359. The summed E-state index contributed by atoms with van der Waals surface area (Å²) < 4.78 is 5.90. The van der Waals surface area contributed by atoms with Crippen LogP contribution in [-0.4, -0.2) is 46.9 Å². The van der Waals surface area contributed by atoms with Gasteiger partial charge in [-0.2, -0.15) is 0 Å². The zero-order valence-electron chi connectivity index (χ0n) is 43.6. The van der Waals surface area contributed by atoms with Crippen LogP contribution in [0.25, 0.3) is 0 Å². The smallest absolute Gasteiger partial charge is 0.306 e. The zero-order valence-corrected chi connectivity index (χ0v) is 43.6. The second kappa shape index (κ2) is 53.3. The SMILES string of the molecule is CC/C=C/C/C=C/C/C=C/C/C=C/C/C=C/CCC(=O)OC(CCCCC/C=C/CCCCCCCCCCC)CC(=O)NC(CO)C(O)CCCCCCCCCCCCCCCCC. The summed E-state index contributed by atoms with van der Waals surface area (Å²) in [4.78, 5) is 26.2. The molecular formula is C60H107NO5. The maximum atomic E-state index is 13.2. The number of unbranched alkanes of at least 4 members (excludes halogenated alkanes) is 26. The standard InChI is InChI=1S/C60H107NO5/c1-4-7-10-13-16-19-22-25-28-31-33-36-39-42-45-48-51-56(66-60(65)53-50-47-44-41-38-35-32-29-26-23-20-17-14-11-8-5-2)54-59(64)61-57(55-62)58(63)52-49-46-43-40-37-34-30-27-24-21-18-15-12-9-6-3/h8,11,17,20,26,29,33,35-36,38,44,47,56-58,62-63H,4-7,9-10,12-16,18-19,21-25,27-28,30-32,34,37,39-43,45-46,48-55H2,1-3H3,(H,61,64)/b11-8+,20-17+,29-26+,36-33+,38-35+,47-44+. The summed E-state index contributed by atoms with van der Waals surface area (Å²) in [6.45, 7) is 6.37. The summed E-state index contributed by atoms with van der Waals surface area (Å²) >= 11 is 0. The molecule has 0 saturated heterocycles. The van der Waals surface area contributed by atoms with Crippen molar-refractivity contribution in [3.63, 3.8) is 0 Å². The van der Waals surface area contributed by atoms with Crippen molar-refractivity contribution < 1.29 is 24.5 Å². The van der Waals surface area contributed by atoms with E-state index in [2.05, 4.69) is 92.9 Å². The lowest BCUT2D eigenvalue weighted by molar-refractivity contribution is -0.150. The molecular weight excluding hydrogens is 815 g/mol. The maximum absolute atomic E-state index is 13.2. The molecule has 0 rings (SSSR count). The Morgan fingerprint density at radius 2 is 0.818 bits per heavy atom. The predicted octanol–water partition coefficient (Wildman–Crippen LogP) is 17.3. The molecule has 0 heterocycles. The van der Waals surface area contributed by atoms with Gasteiger partial charge in [0, 0.05) is 6.42 Å². The average Bonchev–Trinajstić information content (AvgIpc) is 3.31. The van der Waals surface area contributed by atoms with Crippen molar-refractivity contribution in [1.82, 2.24) is 5.32 Å². The number of nitrogens with one attached hydrogen (secondary N) is 1. The molecule has 382 valence electrons. The van der Waals surface area contributed by atoms with Crippen molar-refractivity contribution in [2.45, 2.75) is 289 Å². The normalized spacial score (nSPS) is 13.7. The fourth-order valence-corrected chi connectivity index (χ4v) is 8.30. The summed E-state index contributed by atoms with van der Waals surface area (Å²) in [5.41, 5.74) is 0. The van der Waals surface area contributed by atoms with E-state index in [1.54, 1.807) is 0 Å². The van der Waals surface area contributed by atoms with Gasteiger partial charge in [0.1, 0.15) is 6.10 Å². The van der Waals surface area contributed by atoms with Crippen LogP contribution >= 0.6 is 0 Å². The Bertz CT molecular complexity index is 1220. The number of esters is 1. The van der Waals surface area contributed by atoms with Gasteiger partial charge in [0.15, 0.2) is 0 Å². The Labute approximate surface area is 409 Å². The van der Waals surface area contributed by atoms with Gasteiger partial charge in [-0.3, -0.25) is 9.59 Å². The van der Waals surface area contributed by atoms with Gasteiger partial charge < -0.3 is 20.3 Å². The van der Waals surface area contributed by atoms with Crippen LogP contribution in [0.3, 0.4) is 0 Å². The quantitative estimate of drug-likeness (QED) is 0.0321. The lowest BCUT2D eigenvalue weighted by atomic mass is 10.0. The molecule has 3 N–H and O–H groups in total. The third kappa shape index (κ3) is 47.8. The molecule has 0 spiro atoms. The Morgan fingerprint density at radius 3 is 1.26 bits per heavy atom. The van der Waals surface area contributed by atoms with Crippen LogP contribution in [0.5, 0.6) is 0 Å². The van der Waals surface area contributed by atoms with Gasteiger partial charge in [-0.1, -0.05) is 248 Å². The molecule has 3 atom stereocenters. The molecule has 0 bridgehead atoms. The van der Waals surface area contributed by atoms with Gasteiger partial charge in [0.2, 0.25) is 5.91 Å². The fourth-order valence-electron chi connectivity index (χ4n) is 8.30. The van der Waals surface area contributed by atoms with Crippen molar-refractivity contribution in [3.8, 4) is 0 Å². The number of carbonyl (C=O) groups is 2. The van der Waals surface area contributed by atoms with E-state index in [1.807, 2.05) is 6.08 Å². The highest BCUT2D eigenvalue weighted by molar-refractivity contribution is 5.77. The zero-order chi connectivity index (χ0) is 48.1. The van der Waals surface area contributed by atoms with Crippen LogP contribution in [0.15, 0.2) is 72.9 Å². The highest BCUT2D eigenvalue weighted by Crippen LogP contribution is 2.17. The van der Waals surface area contributed by atoms with Crippen LogP contribution in [0.1, 0.15) is 271 Å². The molecule has 0 radical (unpaired) electrons. The maximum Gasteiger partial charge on any atom is 0.306 e. The first-order valence-corrected chi connectivity index (χ1v) is 28.2. The molecule has 0 aromatic heterocycles. The van der Waals surface area contributed by atoms with E-state index in [-0.39, 0.29) is 31.3 Å². The molecule has 0 saturated carbocycles. The first-order chi connectivity index (χ1) is 32.5. The van der Waals surface area contributed by atoms with E-state index in [0.29, 0.717) is 19.3 Å². The van der Waals surface area contributed by atoms with Crippen molar-refractivity contribution in [2.24, 2.45) is 0 Å². The largest absolute Gasteiger partial charge is 0.462 e. The van der Waals surface area contributed by atoms with E-state index >= 15 is 0 Å². The second-order valence-corrected chi connectivity index (χ2v) is 19.0. The fraction of sp³-hybridized carbons (Fsp3) is 0.767. The van der Waals surface area contributed by atoms with Crippen LogP contribution in [0.2, 0.25) is 0 Å². The third-order valence-electron chi connectivity index (χ3n) is 12.5. The number of amides is 1. The van der Waals surface area contributed by atoms with E-state index in [4.69, 9.17) is 4.74 Å². The Hall–Kier alpha value is -2.70. The minimum atomic E-state index is -0.807. The number of hydrogen-bond donors (Lipinski definition) is 3. The van der Waals surface area contributed by atoms with Crippen LogP contribution in [-0.2, 0) is 14.3 Å². The predicted molar refractivity (Wildman–Crippen MR) is 287 cm³/mol. The van der Waals surface area contributed by atoms with Crippen molar-refractivity contribution in [2.75, 3.05) is 6.61 Å². The first kappa shape index (κ1) is 63.3. The van der Waals surface area contributed by atoms with Gasteiger partial charge >= 0.3 is 5.97 Å². The molecule has 0 aromatic carbocycles. The van der Waals surface area contributed by atoms with E-state index < -0.39 is 18.2 Å². The van der Waals surface area contributed by atoms with E-state index in [0.717, 1.165) is 83.5 Å². The lowest BCUT2D eigenvalue weighted by Crippen LogP contribution is -2.46. The molecule has 0 aliphatic carbocycles. The molecule has 0 aliphatic heterocycles. The lowest BCUT2D eigenvalue weighted by Gasteiger charge is -2.24. The number of aliphatic hydroxyl groups excluding tert-OH is 2. The molecule has 1 amide bonds. The molecule has 0 aromatic rings. The number of allylic oxidation sites excluding steroid dienone is 12. The molecule has 66 heavy (non-hydrogen) atoms. The first-order valence-electron chi connectivity index (χ1n) is 28.2. The third-order valence-corrected chi connectivity index (χ3v) is 12.5. The summed E-state index contributed by atoms with van der Waals surface area (Å²) in [5.74, 6) is -0.584. The highest BCUT2D eigenvalue weighted by atomic mass is 16.5. The Kier molecular flexibility index (Phi) is 51.1. The number of aliphatic hydroxyl groups is 2. The Balaban J connectivity index is 4.69. The number of rotatable bonds is 50. The van der Waals surface area contributed by atoms with Crippen molar-refractivity contribution in [3.05, 3.63) is 72.9 Å². The molecule has 0 fully saturated rings. The van der Waals surface area contributed by atoms with E-state index in [9.17, 15) is 19.8 Å². The summed E-state index contributed by atoms with van der Waals surface area (Å²) in [7, 11) is 0. The van der Waals surface area contributed by atoms with Crippen molar-refractivity contribution >= 4 is 11.9 Å². The monoisotopic (exact) mass is 922 g/mol. The summed E-state index contributed by atoms with van der Waals surface area (Å²) in [6, 6.07) is -0.724. The highest BCUT2D eigenvalue weighted by Gasteiger charge is 2.24. The average molecular weight is 923 g/mol. The van der Waals surface area contributed by atoms with Crippen LogP contribution in [0.4, 0.5) is 0 Å². The second-order valence-electron chi connectivity index (χ2n) is 19.0. The van der Waals surface area contributed by atoms with Gasteiger partial charge in [0.05, 0.1) is 25.2 Å². The molecule has 3 unspecified atom stereocenters. The summed E-state index contributed by atoms with van der Waals surface area (Å²) in [6.07, 6.45) is 68.3. The van der Waals surface area contributed by atoms with Gasteiger partial charge in [-0.05, 0) is 83.5 Å². The number of hydrogen-bond acceptors (Lipinski definition) is 5. The molecule has 6 nitrogen and oxygen atoms in total. The van der Waals surface area contributed by atoms with E-state index in [1.165, 1.54) is 135 Å². The Morgan fingerprint density at radius 1 is 0.455 bits per heavy atom. The van der Waals surface area contributed by atoms with Crippen molar-refractivity contribution in [1.29, 1.82) is 0 Å². The molecule has 0 aliphatic rings. The van der Waals surface area contributed by atoms with Gasteiger partial charge in [-0.25, -0.2) is 0 Å². The van der Waals surface area contributed by atoms with Gasteiger partial charge in [-0.15, -0.1) is 0 Å².